The van der Waals surface area contributed by atoms with E-state index in [4.69, 9.17) is 26.2 Å². The first kappa shape index (κ1) is 18.5. The van der Waals surface area contributed by atoms with E-state index < -0.39 is 11.8 Å². The number of hydrogen-bond donors (Lipinski definition) is 1. The second kappa shape index (κ2) is 7.54. The fraction of sp³-hybridized carbons (Fsp3) is 0.350. The Labute approximate surface area is 156 Å². The molecule has 26 heavy (non-hydrogen) atoms. The van der Waals surface area contributed by atoms with Crippen LogP contribution in [0.4, 0.5) is 4.39 Å². The van der Waals surface area contributed by atoms with Crippen LogP contribution in [0.15, 0.2) is 36.4 Å². The lowest BCUT2D eigenvalue weighted by Gasteiger charge is -2.13. The quantitative estimate of drug-likeness (QED) is 0.733. The molecule has 2 aromatic carbocycles. The van der Waals surface area contributed by atoms with Crippen molar-refractivity contribution in [2.24, 2.45) is 11.8 Å². The SMILES string of the molecule is CC(C)Oc1cc(Cl)cc(-c2ccc(OC[C@@H]3C[C@H]3C(=O)O)c(F)c2)c1. The largest absolute Gasteiger partial charge is 0.491 e. The van der Waals surface area contributed by atoms with Gasteiger partial charge in [0.2, 0.25) is 0 Å². The van der Waals surface area contributed by atoms with Crippen molar-refractivity contribution in [2.75, 3.05) is 6.61 Å². The molecule has 4 nitrogen and oxygen atoms in total. The number of benzene rings is 2. The molecule has 2 aromatic rings. The maximum atomic E-state index is 14.4. The molecule has 1 aliphatic rings. The molecule has 0 amide bonds. The van der Waals surface area contributed by atoms with E-state index in [-0.39, 0.29) is 30.3 Å². The average molecular weight is 379 g/mol. The highest BCUT2D eigenvalue weighted by Gasteiger charge is 2.43. The third kappa shape index (κ3) is 4.47. The maximum Gasteiger partial charge on any atom is 0.306 e. The molecule has 0 bridgehead atoms. The van der Waals surface area contributed by atoms with Gasteiger partial charge in [0.25, 0.3) is 0 Å². The molecule has 0 spiro atoms. The van der Waals surface area contributed by atoms with E-state index in [1.165, 1.54) is 6.07 Å². The molecular formula is C20H20ClFO4. The van der Waals surface area contributed by atoms with E-state index >= 15 is 0 Å². The summed E-state index contributed by atoms with van der Waals surface area (Å²) >= 11 is 6.14. The van der Waals surface area contributed by atoms with Crippen LogP contribution in [0.1, 0.15) is 20.3 Å². The smallest absolute Gasteiger partial charge is 0.306 e. The van der Waals surface area contributed by atoms with Crippen LogP contribution < -0.4 is 9.47 Å². The van der Waals surface area contributed by atoms with E-state index in [9.17, 15) is 9.18 Å². The summed E-state index contributed by atoms with van der Waals surface area (Å²) in [7, 11) is 0. The molecule has 6 heteroatoms. The molecule has 1 N–H and O–H groups in total. The van der Waals surface area contributed by atoms with Crippen molar-refractivity contribution in [3.8, 4) is 22.6 Å². The lowest BCUT2D eigenvalue weighted by atomic mass is 10.0. The minimum atomic E-state index is -0.824. The van der Waals surface area contributed by atoms with Crippen LogP contribution in [0.2, 0.25) is 5.02 Å². The van der Waals surface area contributed by atoms with Gasteiger partial charge in [0.05, 0.1) is 18.6 Å². The normalized spacial score (nSPS) is 18.7. The summed E-state index contributed by atoms with van der Waals surface area (Å²) in [6.07, 6.45) is 0.585. The summed E-state index contributed by atoms with van der Waals surface area (Å²) in [5.41, 5.74) is 1.40. The molecule has 1 aliphatic carbocycles. The van der Waals surface area contributed by atoms with Gasteiger partial charge in [0, 0.05) is 10.9 Å². The Bertz CT molecular complexity index is 821. The molecule has 3 rings (SSSR count). The van der Waals surface area contributed by atoms with Gasteiger partial charge in [-0.15, -0.1) is 0 Å². The van der Waals surface area contributed by atoms with Gasteiger partial charge in [-0.25, -0.2) is 4.39 Å². The van der Waals surface area contributed by atoms with Gasteiger partial charge in [0.1, 0.15) is 5.75 Å². The van der Waals surface area contributed by atoms with Crippen LogP contribution in [-0.2, 0) is 4.79 Å². The van der Waals surface area contributed by atoms with E-state index in [1.54, 1.807) is 24.3 Å². The van der Waals surface area contributed by atoms with Crippen molar-refractivity contribution < 1.29 is 23.8 Å². The monoisotopic (exact) mass is 378 g/mol. The summed E-state index contributed by atoms with van der Waals surface area (Å²) in [6.45, 7) is 4.04. The maximum absolute atomic E-state index is 14.4. The summed E-state index contributed by atoms with van der Waals surface area (Å²) < 4.78 is 25.5. The summed E-state index contributed by atoms with van der Waals surface area (Å²) in [4.78, 5) is 10.8. The van der Waals surface area contributed by atoms with Gasteiger partial charge in [0.15, 0.2) is 11.6 Å². The van der Waals surface area contributed by atoms with E-state index in [2.05, 4.69) is 0 Å². The van der Waals surface area contributed by atoms with E-state index in [0.29, 0.717) is 22.8 Å². The predicted molar refractivity (Wildman–Crippen MR) is 97.3 cm³/mol. The molecule has 2 atom stereocenters. The number of hydrogen-bond acceptors (Lipinski definition) is 3. The Morgan fingerprint density at radius 2 is 2.04 bits per heavy atom. The zero-order valence-corrected chi connectivity index (χ0v) is 15.3. The van der Waals surface area contributed by atoms with Crippen LogP contribution in [0, 0.1) is 17.7 Å². The highest BCUT2D eigenvalue weighted by molar-refractivity contribution is 6.31. The van der Waals surface area contributed by atoms with Gasteiger partial charge < -0.3 is 14.6 Å². The number of halogens is 2. The first-order valence-corrected chi connectivity index (χ1v) is 8.84. The van der Waals surface area contributed by atoms with Gasteiger partial charge in [-0.1, -0.05) is 17.7 Å². The third-order valence-electron chi connectivity index (χ3n) is 4.20. The Hall–Kier alpha value is -2.27. The van der Waals surface area contributed by atoms with Crippen molar-refractivity contribution >= 4 is 17.6 Å². The fourth-order valence-corrected chi connectivity index (χ4v) is 3.02. The first-order chi connectivity index (χ1) is 12.3. The van der Waals surface area contributed by atoms with Gasteiger partial charge in [-0.3, -0.25) is 4.79 Å². The third-order valence-corrected chi connectivity index (χ3v) is 4.42. The number of aliphatic carboxylic acids is 1. The minimum absolute atomic E-state index is 0.00545. The van der Waals surface area contributed by atoms with Crippen LogP contribution in [0.3, 0.4) is 0 Å². The number of carboxylic acid groups (broad SMARTS) is 1. The molecule has 0 saturated heterocycles. The van der Waals surface area contributed by atoms with Crippen molar-refractivity contribution in [1.82, 2.24) is 0 Å². The molecule has 0 unspecified atom stereocenters. The zero-order chi connectivity index (χ0) is 18.8. The highest BCUT2D eigenvalue weighted by atomic mass is 35.5. The van der Waals surface area contributed by atoms with Gasteiger partial charge in [-0.2, -0.15) is 0 Å². The molecule has 138 valence electrons. The number of rotatable bonds is 7. The van der Waals surface area contributed by atoms with Crippen molar-refractivity contribution in [3.63, 3.8) is 0 Å². The fourth-order valence-electron chi connectivity index (χ4n) is 2.80. The van der Waals surface area contributed by atoms with Crippen molar-refractivity contribution in [2.45, 2.75) is 26.4 Å². The van der Waals surface area contributed by atoms with Crippen LogP contribution in [0.5, 0.6) is 11.5 Å². The van der Waals surface area contributed by atoms with E-state index in [1.807, 2.05) is 19.9 Å². The summed E-state index contributed by atoms with van der Waals surface area (Å²) in [6, 6.07) is 9.93. The molecule has 0 aliphatic heterocycles. The molecular weight excluding hydrogens is 359 g/mol. The van der Waals surface area contributed by atoms with Gasteiger partial charge >= 0.3 is 5.97 Å². The topological polar surface area (TPSA) is 55.8 Å². The number of carbonyl (C=O) groups is 1. The predicted octanol–water partition coefficient (Wildman–Crippen LogP) is 5.03. The first-order valence-electron chi connectivity index (χ1n) is 8.46. The number of carboxylic acids is 1. The molecule has 0 aromatic heterocycles. The summed E-state index contributed by atoms with van der Waals surface area (Å²) in [5, 5.41) is 9.39. The average Bonchev–Trinajstić information content (AvgIpc) is 3.32. The minimum Gasteiger partial charge on any atom is -0.491 e. The summed E-state index contributed by atoms with van der Waals surface area (Å²) in [5.74, 6) is -1.00. The molecule has 0 radical (unpaired) electrons. The molecule has 1 saturated carbocycles. The molecule has 1 fully saturated rings. The van der Waals surface area contributed by atoms with Crippen molar-refractivity contribution in [3.05, 3.63) is 47.2 Å². The van der Waals surface area contributed by atoms with Crippen LogP contribution in [-0.4, -0.2) is 23.8 Å². The van der Waals surface area contributed by atoms with E-state index in [0.717, 1.165) is 5.56 Å². The lowest BCUT2D eigenvalue weighted by molar-refractivity contribution is -0.138. The van der Waals surface area contributed by atoms with Crippen LogP contribution in [0.25, 0.3) is 11.1 Å². The van der Waals surface area contributed by atoms with Gasteiger partial charge in [-0.05, 0) is 61.7 Å². The Balaban J connectivity index is 1.73. The highest BCUT2D eigenvalue weighted by Crippen LogP contribution is 2.39. The Morgan fingerprint density at radius 3 is 2.65 bits per heavy atom. The lowest BCUT2D eigenvalue weighted by Crippen LogP contribution is -2.07. The molecule has 0 heterocycles. The van der Waals surface area contributed by atoms with Crippen LogP contribution >= 0.6 is 11.6 Å². The Kier molecular flexibility index (Phi) is 5.37. The standard InChI is InChI=1S/C20H20ClFO4/c1-11(2)26-16-6-13(5-15(21)9-16)12-3-4-19(18(22)8-12)25-10-14-7-17(14)20(23)24/h3-6,8-9,11,14,17H,7,10H2,1-2H3,(H,23,24)/t14-,17+/m0/s1. The second-order valence-corrected chi connectivity index (χ2v) is 7.18. The number of ether oxygens (including phenoxy) is 2. The van der Waals surface area contributed by atoms with Crippen molar-refractivity contribution in [1.29, 1.82) is 0 Å². The second-order valence-electron chi connectivity index (χ2n) is 6.74. The zero-order valence-electron chi connectivity index (χ0n) is 14.5. The Morgan fingerprint density at radius 1 is 1.27 bits per heavy atom.